The predicted molar refractivity (Wildman–Crippen MR) is 97.3 cm³/mol. The highest BCUT2D eigenvalue weighted by atomic mass is 19.1. The summed E-state index contributed by atoms with van der Waals surface area (Å²) in [6.07, 6.45) is 7.38. The summed E-state index contributed by atoms with van der Waals surface area (Å²) in [7, 11) is 0. The molecule has 3 aromatic heterocycles. The number of primary amides is 1. The first-order valence-electron chi connectivity index (χ1n) is 8.26. The molecule has 3 heterocycles. The Hall–Kier alpha value is -3.33. The van der Waals surface area contributed by atoms with E-state index in [9.17, 15) is 9.18 Å². The van der Waals surface area contributed by atoms with Crippen molar-refractivity contribution in [2.75, 3.05) is 19.8 Å². The lowest BCUT2D eigenvalue weighted by atomic mass is 10.2. The number of halogens is 1. The van der Waals surface area contributed by atoms with E-state index in [-0.39, 0.29) is 12.5 Å². The summed E-state index contributed by atoms with van der Waals surface area (Å²) in [5, 5.41) is 0. The second-order valence-electron chi connectivity index (χ2n) is 5.49. The van der Waals surface area contributed by atoms with E-state index in [1.807, 2.05) is 6.92 Å². The van der Waals surface area contributed by atoms with E-state index in [1.54, 1.807) is 6.20 Å². The van der Waals surface area contributed by atoms with Gasteiger partial charge in [-0.2, -0.15) is 0 Å². The van der Waals surface area contributed by atoms with Crippen molar-refractivity contribution in [1.29, 1.82) is 0 Å². The number of aromatic amines is 1. The van der Waals surface area contributed by atoms with Crippen LogP contribution in [0.3, 0.4) is 0 Å². The molecular formula is C18H18FN5O3. The molecule has 3 aromatic rings. The average Bonchev–Trinajstić information content (AvgIpc) is 3.06. The number of carbonyl (C=O) groups excluding carboxylic acids is 1. The zero-order chi connectivity index (χ0) is 19.2. The quantitative estimate of drug-likeness (QED) is 0.463. The zero-order valence-electron chi connectivity index (χ0n) is 14.6. The number of nitrogens with zero attached hydrogens (tertiary/aromatic N) is 3. The summed E-state index contributed by atoms with van der Waals surface area (Å²) in [5.74, 6) is -1.27. The van der Waals surface area contributed by atoms with E-state index in [2.05, 4.69) is 19.9 Å². The zero-order valence-corrected chi connectivity index (χ0v) is 14.6. The minimum atomic E-state index is -0.603. The Bertz CT molecular complexity index is 986. The first-order chi connectivity index (χ1) is 13.1. The Balaban J connectivity index is 1.85. The fraction of sp³-hybridized carbons (Fsp3) is 0.222. The molecule has 0 atom stereocenters. The maximum atomic E-state index is 14.2. The van der Waals surface area contributed by atoms with Gasteiger partial charge >= 0.3 is 0 Å². The van der Waals surface area contributed by atoms with Crippen molar-refractivity contribution in [1.82, 2.24) is 19.9 Å². The van der Waals surface area contributed by atoms with Crippen LogP contribution in [0.5, 0.6) is 5.88 Å². The van der Waals surface area contributed by atoms with Crippen LogP contribution in [-0.4, -0.2) is 45.7 Å². The lowest BCUT2D eigenvalue weighted by Crippen LogP contribution is -2.08. The van der Waals surface area contributed by atoms with Gasteiger partial charge in [0.25, 0.3) is 0 Å². The maximum Gasteiger partial charge on any atom is 0.250 e. The highest BCUT2D eigenvalue weighted by Crippen LogP contribution is 2.24. The van der Waals surface area contributed by atoms with Gasteiger partial charge in [0.15, 0.2) is 11.5 Å². The molecule has 0 saturated heterocycles. The third-order valence-corrected chi connectivity index (χ3v) is 3.61. The monoisotopic (exact) mass is 371 g/mol. The molecule has 0 fully saturated rings. The molecule has 0 spiro atoms. The van der Waals surface area contributed by atoms with E-state index >= 15 is 0 Å². The smallest absolute Gasteiger partial charge is 0.250 e. The number of pyridine rings is 1. The molecule has 0 saturated carbocycles. The highest BCUT2D eigenvalue weighted by Gasteiger charge is 2.12. The molecule has 0 aliphatic heterocycles. The summed E-state index contributed by atoms with van der Waals surface area (Å²) in [6, 6.07) is 1.28. The van der Waals surface area contributed by atoms with Crippen molar-refractivity contribution in [3.8, 4) is 17.1 Å². The van der Waals surface area contributed by atoms with Crippen molar-refractivity contribution in [2.45, 2.75) is 6.92 Å². The number of ether oxygens (including phenoxy) is 2. The number of carbonyl (C=O) groups is 1. The molecule has 0 aliphatic carbocycles. The Kier molecular flexibility index (Phi) is 5.72. The molecule has 9 heteroatoms. The van der Waals surface area contributed by atoms with Crippen LogP contribution in [0.25, 0.3) is 28.5 Å². The SMILES string of the molecule is CCOCCOc1ncc(-c2cnc3[nH]cc(/C=C/C(N)=O)c3n2)cc1F. The third-order valence-electron chi connectivity index (χ3n) is 3.61. The first-order valence-corrected chi connectivity index (χ1v) is 8.26. The molecule has 0 aliphatic rings. The van der Waals surface area contributed by atoms with Crippen LogP contribution in [0.1, 0.15) is 12.5 Å². The third kappa shape index (κ3) is 4.45. The Morgan fingerprint density at radius 1 is 1.33 bits per heavy atom. The molecule has 27 heavy (non-hydrogen) atoms. The summed E-state index contributed by atoms with van der Waals surface area (Å²) >= 11 is 0. The molecule has 3 rings (SSSR count). The van der Waals surface area contributed by atoms with E-state index in [0.717, 1.165) is 0 Å². The number of rotatable bonds is 8. The summed E-state index contributed by atoms with van der Waals surface area (Å²) in [4.78, 5) is 26.6. The fourth-order valence-corrected chi connectivity index (χ4v) is 2.36. The van der Waals surface area contributed by atoms with Crippen LogP contribution in [0.4, 0.5) is 4.39 Å². The van der Waals surface area contributed by atoms with Gasteiger partial charge < -0.3 is 20.2 Å². The fourth-order valence-electron chi connectivity index (χ4n) is 2.36. The van der Waals surface area contributed by atoms with Crippen LogP contribution in [-0.2, 0) is 9.53 Å². The van der Waals surface area contributed by atoms with E-state index in [1.165, 1.54) is 30.6 Å². The molecule has 1 amide bonds. The summed E-state index contributed by atoms with van der Waals surface area (Å²) in [6.45, 7) is 3.00. The summed E-state index contributed by atoms with van der Waals surface area (Å²) in [5.41, 5.74) is 7.70. The first kappa shape index (κ1) is 18.5. The average molecular weight is 371 g/mol. The molecule has 0 unspecified atom stereocenters. The Morgan fingerprint density at radius 2 is 2.19 bits per heavy atom. The van der Waals surface area contributed by atoms with Crippen LogP contribution in [0.15, 0.2) is 30.7 Å². The van der Waals surface area contributed by atoms with Crippen LogP contribution < -0.4 is 10.5 Å². The van der Waals surface area contributed by atoms with Gasteiger partial charge in [0.05, 0.1) is 18.5 Å². The van der Waals surface area contributed by atoms with E-state index in [0.29, 0.717) is 41.2 Å². The normalized spacial score (nSPS) is 11.3. The van der Waals surface area contributed by atoms with Crippen LogP contribution in [0.2, 0.25) is 0 Å². The number of aromatic nitrogens is 4. The van der Waals surface area contributed by atoms with Crippen molar-refractivity contribution in [3.63, 3.8) is 0 Å². The number of hydrogen-bond acceptors (Lipinski definition) is 6. The Labute approximate surface area is 154 Å². The molecule has 0 radical (unpaired) electrons. The highest BCUT2D eigenvalue weighted by molar-refractivity contribution is 5.93. The second kappa shape index (κ2) is 8.37. The standard InChI is InChI=1S/C18H18FN5O3/c1-2-26-5-6-27-18-13(19)7-12(9-23-18)14-10-22-17-16(24-14)11(8-21-17)3-4-15(20)25/h3-4,7-10H,2,5-6H2,1H3,(H2,20,25)(H,21,22)/b4-3+. The lowest BCUT2D eigenvalue weighted by molar-refractivity contribution is -0.113. The van der Waals surface area contributed by atoms with Crippen LogP contribution in [0, 0.1) is 5.82 Å². The van der Waals surface area contributed by atoms with Gasteiger partial charge in [-0.15, -0.1) is 0 Å². The minimum Gasteiger partial charge on any atom is -0.473 e. The van der Waals surface area contributed by atoms with Gasteiger partial charge in [0.1, 0.15) is 12.1 Å². The number of fused-ring (bicyclic) bond motifs is 1. The second-order valence-corrected chi connectivity index (χ2v) is 5.49. The maximum absolute atomic E-state index is 14.2. The number of H-pyrrole nitrogens is 1. The number of nitrogens with two attached hydrogens (primary N) is 1. The lowest BCUT2D eigenvalue weighted by Gasteiger charge is -2.07. The number of nitrogens with one attached hydrogen (secondary N) is 1. The van der Waals surface area contributed by atoms with E-state index in [4.69, 9.17) is 15.2 Å². The van der Waals surface area contributed by atoms with Gasteiger partial charge in [0.2, 0.25) is 11.8 Å². The van der Waals surface area contributed by atoms with Crippen molar-refractivity contribution >= 4 is 23.1 Å². The summed E-state index contributed by atoms with van der Waals surface area (Å²) < 4.78 is 24.6. The molecule has 140 valence electrons. The van der Waals surface area contributed by atoms with Gasteiger partial charge in [-0.3, -0.25) is 4.79 Å². The van der Waals surface area contributed by atoms with Crippen molar-refractivity contribution in [3.05, 3.63) is 42.1 Å². The minimum absolute atomic E-state index is 0.0979. The van der Waals surface area contributed by atoms with Crippen molar-refractivity contribution in [2.24, 2.45) is 5.73 Å². The van der Waals surface area contributed by atoms with Crippen molar-refractivity contribution < 1.29 is 18.7 Å². The number of hydrogen-bond donors (Lipinski definition) is 2. The molecule has 0 bridgehead atoms. The number of amides is 1. The Morgan fingerprint density at radius 3 is 2.93 bits per heavy atom. The van der Waals surface area contributed by atoms with E-state index < -0.39 is 11.7 Å². The molecule has 0 aromatic carbocycles. The van der Waals surface area contributed by atoms with Gasteiger partial charge in [-0.1, -0.05) is 0 Å². The molecule has 8 nitrogen and oxygen atoms in total. The van der Waals surface area contributed by atoms with Gasteiger partial charge in [0, 0.05) is 36.2 Å². The predicted octanol–water partition coefficient (Wildman–Crippen LogP) is 2.07. The van der Waals surface area contributed by atoms with Crippen LogP contribution >= 0.6 is 0 Å². The topological polar surface area (TPSA) is 116 Å². The molecular weight excluding hydrogens is 353 g/mol. The molecule has 3 N–H and O–H groups in total. The largest absolute Gasteiger partial charge is 0.473 e. The van der Waals surface area contributed by atoms with Gasteiger partial charge in [-0.05, 0) is 19.1 Å². The van der Waals surface area contributed by atoms with Gasteiger partial charge in [-0.25, -0.2) is 19.3 Å².